The molecule has 17 heavy (non-hydrogen) atoms. The first-order valence-electron chi connectivity index (χ1n) is 5.04. The lowest BCUT2D eigenvalue weighted by molar-refractivity contribution is 0.342. The minimum Gasteiger partial charge on any atom is -0.492 e. The SMILES string of the molecule is COc1c(/C=C/CN)cc(F)c(SC)c1OC. The summed E-state index contributed by atoms with van der Waals surface area (Å²) < 4.78 is 24.3. The Balaban J connectivity index is 3.41. The standard InChI is InChI=1S/C12H16FNO2S/c1-15-10-8(5-4-6-14)7-9(13)12(17-3)11(10)16-2/h4-5,7H,6,14H2,1-3H3/b5-4+. The summed E-state index contributed by atoms with van der Waals surface area (Å²) in [6.45, 7) is 0.386. The number of hydrogen-bond acceptors (Lipinski definition) is 4. The van der Waals surface area contributed by atoms with E-state index in [9.17, 15) is 4.39 Å². The van der Waals surface area contributed by atoms with E-state index in [1.165, 1.54) is 32.0 Å². The van der Waals surface area contributed by atoms with Gasteiger partial charge in [-0.2, -0.15) is 0 Å². The van der Waals surface area contributed by atoms with Crippen molar-refractivity contribution in [3.63, 3.8) is 0 Å². The molecule has 0 atom stereocenters. The molecule has 0 spiro atoms. The second-order valence-electron chi connectivity index (χ2n) is 3.19. The summed E-state index contributed by atoms with van der Waals surface area (Å²) in [6.07, 6.45) is 5.24. The van der Waals surface area contributed by atoms with E-state index >= 15 is 0 Å². The van der Waals surface area contributed by atoms with Crippen LogP contribution in [-0.4, -0.2) is 27.0 Å². The Bertz CT molecular complexity index is 421. The van der Waals surface area contributed by atoms with Crippen LogP contribution in [0.1, 0.15) is 5.56 Å². The van der Waals surface area contributed by atoms with E-state index in [4.69, 9.17) is 15.2 Å². The third-order valence-corrected chi connectivity index (χ3v) is 3.01. The highest BCUT2D eigenvalue weighted by Gasteiger charge is 2.18. The number of benzene rings is 1. The first kappa shape index (κ1) is 13.9. The molecule has 0 heterocycles. The Morgan fingerprint density at radius 3 is 2.47 bits per heavy atom. The second kappa shape index (κ2) is 6.51. The Labute approximate surface area is 105 Å². The van der Waals surface area contributed by atoms with E-state index in [0.717, 1.165) is 0 Å². The van der Waals surface area contributed by atoms with Gasteiger partial charge in [0.05, 0.1) is 19.1 Å². The van der Waals surface area contributed by atoms with Crippen molar-refractivity contribution < 1.29 is 13.9 Å². The zero-order valence-electron chi connectivity index (χ0n) is 10.1. The predicted molar refractivity (Wildman–Crippen MR) is 69.4 cm³/mol. The average molecular weight is 257 g/mol. The van der Waals surface area contributed by atoms with E-state index in [1.54, 1.807) is 18.4 Å². The molecule has 0 aliphatic heterocycles. The van der Waals surface area contributed by atoms with Crippen molar-refractivity contribution in [2.75, 3.05) is 27.0 Å². The van der Waals surface area contributed by atoms with Gasteiger partial charge >= 0.3 is 0 Å². The summed E-state index contributed by atoms with van der Waals surface area (Å²) >= 11 is 1.28. The molecule has 1 aromatic carbocycles. The van der Waals surface area contributed by atoms with Crippen molar-refractivity contribution in [2.45, 2.75) is 4.90 Å². The molecule has 0 bridgehead atoms. The van der Waals surface area contributed by atoms with E-state index < -0.39 is 0 Å². The normalized spacial score (nSPS) is 10.9. The van der Waals surface area contributed by atoms with Crippen LogP contribution in [0.5, 0.6) is 11.5 Å². The molecule has 0 saturated carbocycles. The fourth-order valence-electron chi connectivity index (χ4n) is 1.52. The van der Waals surface area contributed by atoms with Crippen molar-refractivity contribution in [3.8, 4) is 11.5 Å². The maximum Gasteiger partial charge on any atom is 0.177 e. The van der Waals surface area contributed by atoms with Crippen molar-refractivity contribution in [1.29, 1.82) is 0 Å². The highest BCUT2D eigenvalue weighted by atomic mass is 32.2. The molecular formula is C12H16FNO2S. The summed E-state index contributed by atoms with van der Waals surface area (Å²) in [6, 6.07) is 1.42. The molecular weight excluding hydrogens is 241 g/mol. The van der Waals surface area contributed by atoms with Crippen LogP contribution in [0.2, 0.25) is 0 Å². The van der Waals surface area contributed by atoms with Gasteiger partial charge in [-0.05, 0) is 12.3 Å². The molecule has 0 radical (unpaired) electrons. The highest BCUT2D eigenvalue weighted by Crippen LogP contribution is 2.41. The molecule has 0 unspecified atom stereocenters. The lowest BCUT2D eigenvalue weighted by atomic mass is 10.1. The molecule has 0 aliphatic rings. The first-order valence-corrected chi connectivity index (χ1v) is 6.27. The molecule has 5 heteroatoms. The van der Waals surface area contributed by atoms with Gasteiger partial charge in [0.2, 0.25) is 0 Å². The van der Waals surface area contributed by atoms with Gasteiger partial charge in [-0.3, -0.25) is 0 Å². The number of methoxy groups -OCH3 is 2. The lowest BCUT2D eigenvalue weighted by Gasteiger charge is -2.14. The summed E-state index contributed by atoms with van der Waals surface area (Å²) in [4.78, 5) is 0.439. The second-order valence-corrected chi connectivity index (χ2v) is 4.00. The largest absolute Gasteiger partial charge is 0.492 e. The summed E-state index contributed by atoms with van der Waals surface area (Å²) in [7, 11) is 3.02. The van der Waals surface area contributed by atoms with Crippen molar-refractivity contribution >= 4 is 17.8 Å². The lowest BCUT2D eigenvalue weighted by Crippen LogP contribution is -1.98. The molecule has 0 amide bonds. The van der Waals surface area contributed by atoms with Gasteiger partial charge in [0.25, 0.3) is 0 Å². The number of hydrogen-bond donors (Lipinski definition) is 1. The number of rotatable bonds is 5. The minimum absolute atomic E-state index is 0.327. The quantitative estimate of drug-likeness (QED) is 0.823. The summed E-state index contributed by atoms with van der Waals surface area (Å²) in [5, 5.41) is 0. The Kier molecular flexibility index (Phi) is 5.31. The predicted octanol–water partition coefficient (Wildman–Crippen LogP) is 2.54. The van der Waals surface area contributed by atoms with E-state index in [-0.39, 0.29) is 5.82 Å². The van der Waals surface area contributed by atoms with Crippen LogP contribution in [0.3, 0.4) is 0 Å². The Morgan fingerprint density at radius 1 is 1.35 bits per heavy atom. The Morgan fingerprint density at radius 2 is 2.00 bits per heavy atom. The zero-order valence-corrected chi connectivity index (χ0v) is 10.9. The zero-order chi connectivity index (χ0) is 12.8. The fraction of sp³-hybridized carbons (Fsp3) is 0.333. The van der Waals surface area contributed by atoms with Crippen LogP contribution in [0, 0.1) is 5.82 Å². The monoisotopic (exact) mass is 257 g/mol. The topological polar surface area (TPSA) is 44.5 Å². The van der Waals surface area contributed by atoms with Gasteiger partial charge in [-0.15, -0.1) is 11.8 Å². The van der Waals surface area contributed by atoms with Crippen molar-refractivity contribution in [3.05, 3.63) is 23.5 Å². The number of thioether (sulfide) groups is 1. The third kappa shape index (κ3) is 2.92. The smallest absolute Gasteiger partial charge is 0.177 e. The van der Waals surface area contributed by atoms with E-state index in [2.05, 4.69) is 0 Å². The van der Waals surface area contributed by atoms with Gasteiger partial charge in [0.15, 0.2) is 11.5 Å². The fourth-order valence-corrected chi connectivity index (χ4v) is 2.13. The maximum atomic E-state index is 13.8. The molecule has 3 nitrogen and oxygen atoms in total. The van der Waals surface area contributed by atoms with Crippen molar-refractivity contribution in [1.82, 2.24) is 0 Å². The van der Waals surface area contributed by atoms with Crippen LogP contribution in [0.15, 0.2) is 17.0 Å². The molecule has 0 saturated heterocycles. The van der Waals surface area contributed by atoms with Crippen LogP contribution in [0.25, 0.3) is 6.08 Å². The van der Waals surface area contributed by atoms with Crippen LogP contribution < -0.4 is 15.2 Å². The van der Waals surface area contributed by atoms with E-state index in [0.29, 0.717) is 28.5 Å². The molecule has 2 N–H and O–H groups in total. The molecule has 0 aromatic heterocycles. The van der Waals surface area contributed by atoms with Gasteiger partial charge in [0, 0.05) is 12.1 Å². The van der Waals surface area contributed by atoms with Crippen LogP contribution >= 0.6 is 11.8 Å². The minimum atomic E-state index is -0.327. The maximum absolute atomic E-state index is 13.8. The average Bonchev–Trinajstić information content (AvgIpc) is 2.35. The summed E-state index contributed by atoms with van der Waals surface area (Å²) in [5.74, 6) is 0.603. The number of ether oxygens (including phenoxy) is 2. The molecule has 1 rings (SSSR count). The van der Waals surface area contributed by atoms with Gasteiger partial charge in [-0.1, -0.05) is 12.2 Å². The molecule has 0 aliphatic carbocycles. The van der Waals surface area contributed by atoms with Crippen LogP contribution in [0.4, 0.5) is 4.39 Å². The number of nitrogens with two attached hydrogens (primary N) is 1. The van der Waals surface area contributed by atoms with Crippen molar-refractivity contribution in [2.24, 2.45) is 5.73 Å². The van der Waals surface area contributed by atoms with Gasteiger partial charge in [-0.25, -0.2) is 4.39 Å². The van der Waals surface area contributed by atoms with Crippen LogP contribution in [-0.2, 0) is 0 Å². The third-order valence-electron chi connectivity index (χ3n) is 2.22. The molecule has 1 aromatic rings. The molecule has 0 fully saturated rings. The first-order chi connectivity index (χ1) is 8.19. The van der Waals surface area contributed by atoms with Gasteiger partial charge < -0.3 is 15.2 Å². The molecule has 94 valence electrons. The highest BCUT2D eigenvalue weighted by molar-refractivity contribution is 7.98. The summed E-state index contributed by atoms with van der Waals surface area (Å²) in [5.41, 5.74) is 5.99. The van der Waals surface area contributed by atoms with E-state index in [1.807, 2.05) is 0 Å². The Hall–Kier alpha value is -1.20. The van der Waals surface area contributed by atoms with Gasteiger partial charge in [0.1, 0.15) is 5.82 Å². The number of halogens is 1.